The van der Waals surface area contributed by atoms with Gasteiger partial charge in [-0.2, -0.15) is 4.68 Å². The average molecular weight is 383 g/mol. The van der Waals surface area contributed by atoms with E-state index in [-0.39, 0.29) is 11.7 Å². The molecule has 1 N–H and O–H groups in total. The van der Waals surface area contributed by atoms with Gasteiger partial charge in [0.1, 0.15) is 11.0 Å². The van der Waals surface area contributed by atoms with E-state index >= 15 is 0 Å². The number of likely N-dealkylation sites (N-methyl/N-ethyl adjacent to an activating group) is 1. The number of aromatic nitrogens is 4. The molecule has 1 unspecified atom stereocenters. The second-order valence-corrected chi connectivity index (χ2v) is 6.88. The van der Waals surface area contributed by atoms with Crippen LogP contribution in [0.5, 0.6) is 5.75 Å². The van der Waals surface area contributed by atoms with Crippen molar-refractivity contribution >= 4 is 17.7 Å². The minimum Gasteiger partial charge on any atom is -0.508 e. The number of hydrogen-bond donors (Lipinski definition) is 1. The van der Waals surface area contributed by atoms with Gasteiger partial charge in [-0.25, -0.2) is 0 Å². The third-order valence-electron chi connectivity index (χ3n) is 4.16. The molecular weight excluding hydrogens is 362 g/mol. The minimum atomic E-state index is -0.451. The Morgan fingerprint density at radius 1 is 1.11 bits per heavy atom. The van der Waals surface area contributed by atoms with E-state index in [0.29, 0.717) is 23.9 Å². The highest BCUT2D eigenvalue weighted by molar-refractivity contribution is 8.00. The summed E-state index contributed by atoms with van der Waals surface area (Å²) in [4.78, 5) is 14.9. The second kappa shape index (κ2) is 8.68. The SMILES string of the molecule is CCN(CC)C(=O)C(Sc1nnnn1-c1ccc(O)cc1)c1ccccc1. The number of carbonyl (C=O) groups is 1. The average Bonchev–Trinajstić information content (AvgIpc) is 3.16. The molecule has 7 nitrogen and oxygen atoms in total. The van der Waals surface area contributed by atoms with Crippen LogP contribution in [0.3, 0.4) is 0 Å². The Bertz CT molecular complexity index is 879. The van der Waals surface area contributed by atoms with Gasteiger partial charge in [-0.3, -0.25) is 4.79 Å². The van der Waals surface area contributed by atoms with Crippen molar-refractivity contribution in [2.75, 3.05) is 13.1 Å². The molecule has 0 saturated carbocycles. The van der Waals surface area contributed by atoms with Gasteiger partial charge < -0.3 is 10.0 Å². The van der Waals surface area contributed by atoms with Crippen LogP contribution in [0.25, 0.3) is 5.69 Å². The standard InChI is InChI=1S/C19H21N5O2S/c1-3-23(4-2)18(26)17(14-8-6-5-7-9-14)27-19-20-21-22-24(19)15-10-12-16(25)13-11-15/h5-13,17,25H,3-4H2,1-2H3. The number of thioether (sulfide) groups is 1. The van der Waals surface area contributed by atoms with Crippen molar-refractivity contribution in [3.05, 3.63) is 60.2 Å². The lowest BCUT2D eigenvalue weighted by Crippen LogP contribution is -2.34. The number of amides is 1. The maximum Gasteiger partial charge on any atom is 0.240 e. The van der Waals surface area contributed by atoms with Crippen LogP contribution in [-0.4, -0.2) is 49.2 Å². The number of phenolic OH excluding ortho intramolecular Hbond substituents is 1. The van der Waals surface area contributed by atoms with E-state index in [1.807, 2.05) is 44.2 Å². The molecule has 2 aromatic carbocycles. The molecule has 8 heteroatoms. The molecule has 140 valence electrons. The number of nitrogens with zero attached hydrogens (tertiary/aromatic N) is 5. The van der Waals surface area contributed by atoms with Crippen LogP contribution < -0.4 is 0 Å². The van der Waals surface area contributed by atoms with Gasteiger partial charge in [0, 0.05) is 13.1 Å². The van der Waals surface area contributed by atoms with Crippen molar-refractivity contribution in [2.45, 2.75) is 24.3 Å². The fourth-order valence-corrected chi connectivity index (χ4v) is 3.78. The lowest BCUT2D eigenvalue weighted by Gasteiger charge is -2.24. The third-order valence-corrected chi connectivity index (χ3v) is 5.34. The molecule has 0 aliphatic heterocycles. The Kier molecular flexibility index (Phi) is 6.08. The smallest absolute Gasteiger partial charge is 0.240 e. The Morgan fingerprint density at radius 2 is 1.78 bits per heavy atom. The zero-order valence-corrected chi connectivity index (χ0v) is 16.0. The molecule has 0 spiro atoms. The van der Waals surface area contributed by atoms with E-state index in [0.717, 1.165) is 5.56 Å². The van der Waals surface area contributed by atoms with E-state index in [2.05, 4.69) is 15.5 Å². The first-order chi connectivity index (χ1) is 13.1. The summed E-state index contributed by atoms with van der Waals surface area (Å²) in [6, 6.07) is 16.2. The van der Waals surface area contributed by atoms with E-state index in [9.17, 15) is 9.90 Å². The molecule has 1 aromatic heterocycles. The van der Waals surface area contributed by atoms with Crippen LogP contribution in [0.15, 0.2) is 59.8 Å². The highest BCUT2D eigenvalue weighted by Gasteiger charge is 2.28. The van der Waals surface area contributed by atoms with Crippen LogP contribution in [0.2, 0.25) is 0 Å². The van der Waals surface area contributed by atoms with Crippen LogP contribution in [0.1, 0.15) is 24.7 Å². The monoisotopic (exact) mass is 383 g/mol. The van der Waals surface area contributed by atoms with Gasteiger partial charge in [0.15, 0.2) is 0 Å². The molecule has 0 radical (unpaired) electrons. The quantitative estimate of drug-likeness (QED) is 0.631. The fraction of sp³-hybridized carbons (Fsp3) is 0.263. The Labute approximate surface area is 162 Å². The summed E-state index contributed by atoms with van der Waals surface area (Å²) >= 11 is 1.31. The molecular formula is C19H21N5O2S. The molecule has 0 fully saturated rings. The van der Waals surface area contributed by atoms with Gasteiger partial charge >= 0.3 is 0 Å². The lowest BCUT2D eigenvalue weighted by molar-refractivity contribution is -0.130. The lowest BCUT2D eigenvalue weighted by atomic mass is 10.1. The number of phenols is 1. The zero-order valence-electron chi connectivity index (χ0n) is 15.2. The highest BCUT2D eigenvalue weighted by Crippen LogP contribution is 2.36. The van der Waals surface area contributed by atoms with Crippen LogP contribution in [0, 0.1) is 0 Å². The number of hydrogen-bond acceptors (Lipinski definition) is 6. The van der Waals surface area contributed by atoms with Crippen LogP contribution in [0.4, 0.5) is 0 Å². The van der Waals surface area contributed by atoms with Crippen molar-refractivity contribution < 1.29 is 9.90 Å². The molecule has 0 saturated heterocycles. The van der Waals surface area contributed by atoms with Crippen molar-refractivity contribution in [3.8, 4) is 11.4 Å². The predicted molar refractivity (Wildman–Crippen MR) is 104 cm³/mol. The van der Waals surface area contributed by atoms with Crippen molar-refractivity contribution in [3.63, 3.8) is 0 Å². The van der Waals surface area contributed by atoms with Gasteiger partial charge in [-0.05, 0) is 54.1 Å². The molecule has 3 aromatic rings. The number of rotatable bonds is 7. The van der Waals surface area contributed by atoms with Crippen molar-refractivity contribution in [1.82, 2.24) is 25.1 Å². The summed E-state index contributed by atoms with van der Waals surface area (Å²) in [6.45, 7) is 5.22. The first-order valence-electron chi connectivity index (χ1n) is 8.72. The maximum absolute atomic E-state index is 13.1. The largest absolute Gasteiger partial charge is 0.508 e. The van der Waals surface area contributed by atoms with Crippen LogP contribution >= 0.6 is 11.8 Å². The predicted octanol–water partition coefficient (Wildman–Crippen LogP) is 3.07. The van der Waals surface area contributed by atoms with E-state index < -0.39 is 5.25 Å². The maximum atomic E-state index is 13.1. The van der Waals surface area contributed by atoms with E-state index in [1.165, 1.54) is 11.8 Å². The summed E-state index contributed by atoms with van der Waals surface area (Å²) < 4.78 is 1.57. The third kappa shape index (κ3) is 4.28. The Morgan fingerprint density at radius 3 is 2.41 bits per heavy atom. The van der Waals surface area contributed by atoms with Gasteiger partial charge in [-0.15, -0.1) is 5.10 Å². The van der Waals surface area contributed by atoms with Gasteiger partial charge in [0.2, 0.25) is 11.1 Å². The van der Waals surface area contributed by atoms with Crippen molar-refractivity contribution in [2.24, 2.45) is 0 Å². The molecule has 27 heavy (non-hydrogen) atoms. The summed E-state index contributed by atoms with van der Waals surface area (Å²) in [6.07, 6.45) is 0. The number of tetrazole rings is 1. The van der Waals surface area contributed by atoms with Crippen LogP contribution in [-0.2, 0) is 4.79 Å². The topological polar surface area (TPSA) is 84.1 Å². The summed E-state index contributed by atoms with van der Waals surface area (Å²) in [5, 5.41) is 21.5. The zero-order chi connectivity index (χ0) is 19.2. The molecule has 1 heterocycles. The van der Waals surface area contributed by atoms with E-state index in [1.54, 1.807) is 33.8 Å². The molecule has 3 rings (SSSR count). The minimum absolute atomic E-state index is 0.0245. The molecule has 0 bridgehead atoms. The van der Waals surface area contributed by atoms with Crippen molar-refractivity contribution in [1.29, 1.82) is 0 Å². The number of carbonyl (C=O) groups excluding carboxylic acids is 1. The summed E-state index contributed by atoms with van der Waals surface area (Å²) in [7, 11) is 0. The highest BCUT2D eigenvalue weighted by atomic mass is 32.2. The normalized spacial score (nSPS) is 11.9. The molecule has 0 aliphatic carbocycles. The molecule has 1 amide bonds. The van der Waals surface area contributed by atoms with Gasteiger partial charge in [-0.1, -0.05) is 42.1 Å². The second-order valence-electron chi connectivity index (χ2n) is 5.81. The van der Waals surface area contributed by atoms with Gasteiger partial charge in [0.05, 0.1) is 5.69 Å². The summed E-state index contributed by atoms with van der Waals surface area (Å²) in [5.74, 6) is 0.191. The fourth-order valence-electron chi connectivity index (χ4n) is 2.70. The summed E-state index contributed by atoms with van der Waals surface area (Å²) in [5.41, 5.74) is 1.61. The Hall–Kier alpha value is -2.87. The number of aromatic hydroxyl groups is 1. The van der Waals surface area contributed by atoms with E-state index in [4.69, 9.17) is 0 Å². The molecule has 1 atom stereocenters. The first-order valence-corrected chi connectivity index (χ1v) is 9.60. The van der Waals surface area contributed by atoms with Gasteiger partial charge in [0.25, 0.3) is 0 Å². The number of benzene rings is 2. The Balaban J connectivity index is 1.95. The first kappa shape index (κ1) is 18.9. The molecule has 0 aliphatic rings.